The molecule has 0 bridgehead atoms. The number of hydrogen-bond donors (Lipinski definition) is 1. The van der Waals surface area contributed by atoms with Crippen LogP contribution in [0.15, 0.2) is 138 Å². The second-order valence-electron chi connectivity index (χ2n) is 9.06. The van der Waals surface area contributed by atoms with Crippen LogP contribution in [0.25, 0.3) is 55.0 Å². The maximum atomic E-state index is 6.46. The van der Waals surface area contributed by atoms with E-state index in [-0.39, 0.29) is 0 Å². The average molecular weight is 462 g/mol. The summed E-state index contributed by atoms with van der Waals surface area (Å²) in [4.78, 5) is 0. The number of fused-ring (bicyclic) bond motifs is 4. The number of hydrogen-bond acceptors (Lipinski definition) is 2. The lowest BCUT2D eigenvalue weighted by atomic mass is 9.97. The molecule has 1 aromatic heterocycles. The molecular formula is C34H23NO. The molecule has 0 atom stereocenters. The quantitative estimate of drug-likeness (QED) is 0.282. The minimum absolute atomic E-state index is 0.869. The van der Waals surface area contributed by atoms with Gasteiger partial charge in [-0.05, 0) is 51.9 Å². The fourth-order valence-electron chi connectivity index (χ4n) is 5.13. The van der Waals surface area contributed by atoms with Crippen LogP contribution in [0.2, 0.25) is 0 Å². The number of furan rings is 1. The number of rotatable bonds is 4. The first kappa shape index (κ1) is 20.5. The molecule has 0 aliphatic carbocycles. The molecule has 7 aromatic rings. The lowest BCUT2D eigenvalue weighted by Crippen LogP contribution is -1.93. The first-order valence-electron chi connectivity index (χ1n) is 12.2. The van der Waals surface area contributed by atoms with Crippen molar-refractivity contribution in [1.29, 1.82) is 0 Å². The zero-order valence-corrected chi connectivity index (χ0v) is 19.6. The maximum Gasteiger partial charge on any atom is 0.158 e. The third-order valence-corrected chi connectivity index (χ3v) is 6.88. The predicted molar refractivity (Wildman–Crippen MR) is 152 cm³/mol. The number of benzene rings is 6. The molecule has 0 amide bonds. The van der Waals surface area contributed by atoms with Gasteiger partial charge < -0.3 is 9.73 Å². The van der Waals surface area contributed by atoms with Gasteiger partial charge in [0, 0.05) is 21.8 Å². The van der Waals surface area contributed by atoms with E-state index in [4.69, 9.17) is 4.42 Å². The average Bonchev–Trinajstić information content (AvgIpc) is 3.33. The molecule has 6 aromatic carbocycles. The second kappa shape index (κ2) is 8.44. The Hall–Kier alpha value is -4.82. The van der Waals surface area contributed by atoms with E-state index in [0.29, 0.717) is 0 Å². The molecule has 0 fully saturated rings. The summed E-state index contributed by atoms with van der Waals surface area (Å²) >= 11 is 0. The Morgan fingerprint density at radius 3 is 1.92 bits per heavy atom. The maximum absolute atomic E-state index is 6.46. The van der Waals surface area contributed by atoms with Gasteiger partial charge in [0.25, 0.3) is 0 Å². The summed E-state index contributed by atoms with van der Waals surface area (Å²) in [6.07, 6.45) is 0. The molecule has 0 saturated heterocycles. The van der Waals surface area contributed by atoms with E-state index in [1.807, 2.05) is 6.07 Å². The minimum Gasteiger partial charge on any atom is -0.454 e. The molecule has 0 saturated carbocycles. The Morgan fingerprint density at radius 1 is 0.417 bits per heavy atom. The Bertz CT molecular complexity index is 1850. The molecular weight excluding hydrogens is 438 g/mol. The molecule has 0 radical (unpaired) electrons. The number of nitrogens with one attached hydrogen (secondary N) is 1. The van der Waals surface area contributed by atoms with Crippen LogP contribution in [-0.2, 0) is 0 Å². The van der Waals surface area contributed by atoms with Gasteiger partial charge in [0.1, 0.15) is 5.58 Å². The van der Waals surface area contributed by atoms with Crippen molar-refractivity contribution >= 4 is 44.1 Å². The summed E-state index contributed by atoms with van der Waals surface area (Å²) in [5, 5.41) is 8.32. The third kappa shape index (κ3) is 3.43. The van der Waals surface area contributed by atoms with Gasteiger partial charge in [0.15, 0.2) is 5.58 Å². The minimum atomic E-state index is 0.869. The predicted octanol–water partition coefficient (Wildman–Crippen LogP) is 9.82. The van der Waals surface area contributed by atoms with Gasteiger partial charge in [-0.3, -0.25) is 0 Å². The van der Waals surface area contributed by atoms with Crippen LogP contribution >= 0.6 is 0 Å². The zero-order valence-electron chi connectivity index (χ0n) is 19.6. The molecule has 0 spiro atoms. The van der Waals surface area contributed by atoms with Crippen LogP contribution < -0.4 is 5.32 Å². The van der Waals surface area contributed by atoms with Gasteiger partial charge in [-0.1, -0.05) is 109 Å². The monoisotopic (exact) mass is 461 g/mol. The summed E-state index contributed by atoms with van der Waals surface area (Å²) in [6, 6.07) is 46.7. The Morgan fingerprint density at radius 2 is 1.11 bits per heavy atom. The summed E-state index contributed by atoms with van der Waals surface area (Å²) in [7, 11) is 0. The van der Waals surface area contributed by atoms with Gasteiger partial charge in [-0.15, -0.1) is 0 Å². The summed E-state index contributed by atoms with van der Waals surface area (Å²) in [5.41, 5.74) is 8.56. The Labute approximate surface area is 209 Å². The number of para-hydroxylation sites is 1. The zero-order chi connectivity index (χ0) is 23.9. The first-order valence-corrected chi connectivity index (χ1v) is 12.2. The van der Waals surface area contributed by atoms with Crippen molar-refractivity contribution in [1.82, 2.24) is 0 Å². The fourth-order valence-corrected chi connectivity index (χ4v) is 5.13. The summed E-state index contributed by atoms with van der Waals surface area (Å²) < 4.78 is 6.46. The third-order valence-electron chi connectivity index (χ3n) is 6.88. The number of anilines is 2. The normalized spacial score (nSPS) is 11.3. The highest BCUT2D eigenvalue weighted by Crippen LogP contribution is 2.39. The van der Waals surface area contributed by atoms with E-state index in [0.717, 1.165) is 38.9 Å². The van der Waals surface area contributed by atoms with Crippen LogP contribution in [-0.4, -0.2) is 0 Å². The van der Waals surface area contributed by atoms with E-state index in [1.54, 1.807) is 0 Å². The summed E-state index contributed by atoms with van der Waals surface area (Å²) in [5.74, 6) is 0. The van der Waals surface area contributed by atoms with Crippen LogP contribution in [0.3, 0.4) is 0 Å². The largest absolute Gasteiger partial charge is 0.454 e. The van der Waals surface area contributed by atoms with Crippen molar-refractivity contribution in [2.24, 2.45) is 0 Å². The van der Waals surface area contributed by atoms with Gasteiger partial charge in [0.2, 0.25) is 0 Å². The second-order valence-corrected chi connectivity index (χ2v) is 9.06. The van der Waals surface area contributed by atoms with Crippen LogP contribution in [0.1, 0.15) is 0 Å². The van der Waals surface area contributed by atoms with Gasteiger partial charge in [-0.2, -0.15) is 0 Å². The molecule has 0 aliphatic heterocycles. The molecule has 2 heteroatoms. The van der Waals surface area contributed by atoms with Crippen LogP contribution in [0.4, 0.5) is 11.4 Å². The molecule has 1 N–H and O–H groups in total. The Balaban J connectivity index is 1.34. The standard InChI is InChI=1S/C34H23NO/c1-3-10-23(11-4-1)25-18-19-29-30-16-9-17-32(34(30)36-33(29)22-25)35-31-21-20-26(24-12-5-2-6-13-24)27-14-7-8-15-28(27)31/h1-22,35H. The molecule has 2 nitrogen and oxygen atoms in total. The van der Waals surface area contributed by atoms with E-state index < -0.39 is 0 Å². The van der Waals surface area contributed by atoms with Crippen molar-refractivity contribution in [3.8, 4) is 22.3 Å². The smallest absolute Gasteiger partial charge is 0.158 e. The van der Waals surface area contributed by atoms with E-state index >= 15 is 0 Å². The first-order chi connectivity index (χ1) is 17.8. The Kier molecular flexibility index (Phi) is 4.82. The highest BCUT2D eigenvalue weighted by molar-refractivity contribution is 6.11. The van der Waals surface area contributed by atoms with E-state index in [2.05, 4.69) is 133 Å². The van der Waals surface area contributed by atoms with Gasteiger partial charge >= 0.3 is 0 Å². The van der Waals surface area contributed by atoms with Crippen LogP contribution in [0, 0.1) is 0 Å². The highest BCUT2D eigenvalue weighted by atomic mass is 16.3. The highest BCUT2D eigenvalue weighted by Gasteiger charge is 2.14. The van der Waals surface area contributed by atoms with Crippen molar-refractivity contribution in [3.05, 3.63) is 133 Å². The van der Waals surface area contributed by atoms with Crippen LogP contribution in [0.5, 0.6) is 0 Å². The van der Waals surface area contributed by atoms with Gasteiger partial charge in [-0.25, -0.2) is 0 Å². The van der Waals surface area contributed by atoms with Gasteiger partial charge in [0.05, 0.1) is 5.69 Å². The molecule has 170 valence electrons. The fraction of sp³-hybridized carbons (Fsp3) is 0. The van der Waals surface area contributed by atoms with Crippen molar-refractivity contribution in [2.45, 2.75) is 0 Å². The molecule has 1 heterocycles. The topological polar surface area (TPSA) is 25.2 Å². The van der Waals surface area contributed by atoms with Crippen molar-refractivity contribution < 1.29 is 4.42 Å². The lowest BCUT2D eigenvalue weighted by Gasteiger charge is -2.14. The van der Waals surface area contributed by atoms with E-state index in [1.165, 1.54) is 27.5 Å². The molecule has 36 heavy (non-hydrogen) atoms. The SMILES string of the molecule is c1ccc(-c2ccc3c(c2)oc2c(Nc4ccc(-c5ccccc5)c5ccccc45)cccc23)cc1. The summed E-state index contributed by atoms with van der Waals surface area (Å²) in [6.45, 7) is 0. The molecule has 0 aliphatic rings. The lowest BCUT2D eigenvalue weighted by molar-refractivity contribution is 0.670. The van der Waals surface area contributed by atoms with Crippen molar-refractivity contribution in [3.63, 3.8) is 0 Å². The molecule has 7 rings (SSSR count). The van der Waals surface area contributed by atoms with E-state index in [9.17, 15) is 0 Å². The van der Waals surface area contributed by atoms with Crippen molar-refractivity contribution in [2.75, 3.05) is 5.32 Å². The molecule has 0 unspecified atom stereocenters.